The standard InChI is InChI=1S/C18H21ClIN5O/c19-14-3-4-16(20)15(13-14)17(26)21-7-2-8-24-9-11-25(12-10-24)18-22-5-1-6-23-18/h1,3-6,13H,2,7-12H2,(H,21,26). The molecule has 26 heavy (non-hydrogen) atoms. The summed E-state index contributed by atoms with van der Waals surface area (Å²) in [7, 11) is 0. The molecule has 0 radical (unpaired) electrons. The Balaban J connectivity index is 1.37. The third-order valence-corrected chi connectivity index (χ3v) is 5.49. The molecule has 1 saturated heterocycles. The Morgan fingerprint density at radius 2 is 1.92 bits per heavy atom. The van der Waals surface area contributed by atoms with E-state index in [2.05, 4.69) is 47.7 Å². The van der Waals surface area contributed by atoms with Gasteiger partial charge in [-0.05, 0) is 59.8 Å². The van der Waals surface area contributed by atoms with Crippen molar-refractivity contribution in [1.82, 2.24) is 20.2 Å². The molecule has 0 unspecified atom stereocenters. The predicted molar refractivity (Wildman–Crippen MR) is 112 cm³/mol. The van der Waals surface area contributed by atoms with Crippen LogP contribution in [0.4, 0.5) is 5.95 Å². The van der Waals surface area contributed by atoms with Crippen molar-refractivity contribution in [2.75, 3.05) is 44.2 Å². The Bertz CT molecular complexity index is 738. The fourth-order valence-electron chi connectivity index (χ4n) is 2.90. The van der Waals surface area contributed by atoms with Crippen LogP contribution >= 0.6 is 34.2 Å². The molecular formula is C18H21ClIN5O. The molecule has 0 aliphatic carbocycles. The maximum Gasteiger partial charge on any atom is 0.252 e. The molecule has 138 valence electrons. The number of hydrogen-bond donors (Lipinski definition) is 1. The summed E-state index contributed by atoms with van der Waals surface area (Å²) in [5.74, 6) is 0.735. The van der Waals surface area contributed by atoms with Crippen molar-refractivity contribution in [1.29, 1.82) is 0 Å². The second-order valence-electron chi connectivity index (χ2n) is 6.11. The molecule has 1 aromatic carbocycles. The first-order chi connectivity index (χ1) is 12.6. The Hall–Kier alpha value is -1.45. The van der Waals surface area contributed by atoms with Crippen LogP contribution in [0, 0.1) is 3.57 Å². The minimum Gasteiger partial charge on any atom is -0.352 e. The Morgan fingerprint density at radius 1 is 1.19 bits per heavy atom. The first-order valence-corrected chi connectivity index (χ1v) is 10.1. The van der Waals surface area contributed by atoms with Gasteiger partial charge >= 0.3 is 0 Å². The number of hydrogen-bond acceptors (Lipinski definition) is 5. The van der Waals surface area contributed by atoms with Gasteiger partial charge in [-0.2, -0.15) is 0 Å². The molecule has 2 aromatic rings. The smallest absolute Gasteiger partial charge is 0.252 e. The molecule has 1 fully saturated rings. The largest absolute Gasteiger partial charge is 0.352 e. The van der Waals surface area contributed by atoms with Gasteiger partial charge in [0, 0.05) is 53.7 Å². The maximum absolute atomic E-state index is 12.3. The SMILES string of the molecule is O=C(NCCCN1CCN(c2ncccn2)CC1)c1cc(Cl)ccc1I. The van der Waals surface area contributed by atoms with Crippen LogP contribution in [-0.4, -0.2) is 60.0 Å². The fraction of sp³-hybridized carbons (Fsp3) is 0.389. The van der Waals surface area contributed by atoms with E-state index < -0.39 is 0 Å². The van der Waals surface area contributed by atoms with E-state index in [0.717, 1.165) is 48.7 Å². The molecule has 8 heteroatoms. The van der Waals surface area contributed by atoms with Gasteiger partial charge in [0.2, 0.25) is 5.95 Å². The average Bonchev–Trinajstić information content (AvgIpc) is 2.68. The Morgan fingerprint density at radius 3 is 2.65 bits per heavy atom. The number of amides is 1. The Labute approximate surface area is 172 Å². The van der Waals surface area contributed by atoms with Gasteiger partial charge in [-0.3, -0.25) is 9.69 Å². The van der Waals surface area contributed by atoms with Gasteiger partial charge < -0.3 is 10.2 Å². The van der Waals surface area contributed by atoms with Gasteiger partial charge in [0.1, 0.15) is 0 Å². The summed E-state index contributed by atoms with van der Waals surface area (Å²) >= 11 is 8.13. The van der Waals surface area contributed by atoms with Crippen molar-refractivity contribution in [3.05, 3.63) is 50.8 Å². The van der Waals surface area contributed by atoms with Crippen molar-refractivity contribution >= 4 is 46.0 Å². The highest BCUT2D eigenvalue weighted by Gasteiger charge is 2.18. The molecule has 0 saturated carbocycles. The van der Waals surface area contributed by atoms with E-state index in [1.54, 1.807) is 24.5 Å². The van der Waals surface area contributed by atoms with Crippen LogP contribution in [0.5, 0.6) is 0 Å². The van der Waals surface area contributed by atoms with E-state index in [0.29, 0.717) is 17.1 Å². The van der Waals surface area contributed by atoms with Crippen LogP contribution in [0.1, 0.15) is 16.8 Å². The number of halogens is 2. The number of nitrogens with zero attached hydrogens (tertiary/aromatic N) is 4. The quantitative estimate of drug-likeness (QED) is 0.504. The van der Waals surface area contributed by atoms with Gasteiger partial charge in [0.05, 0.1) is 5.56 Å². The number of aromatic nitrogens is 2. The summed E-state index contributed by atoms with van der Waals surface area (Å²) in [4.78, 5) is 25.5. The van der Waals surface area contributed by atoms with E-state index in [1.807, 2.05) is 12.1 Å². The van der Waals surface area contributed by atoms with Crippen LogP contribution < -0.4 is 10.2 Å². The molecule has 1 amide bonds. The van der Waals surface area contributed by atoms with Crippen LogP contribution in [-0.2, 0) is 0 Å². The predicted octanol–water partition coefficient (Wildman–Crippen LogP) is 2.68. The van der Waals surface area contributed by atoms with Crippen LogP contribution in [0.3, 0.4) is 0 Å². The second-order valence-corrected chi connectivity index (χ2v) is 7.71. The number of anilines is 1. The van der Waals surface area contributed by atoms with E-state index >= 15 is 0 Å². The van der Waals surface area contributed by atoms with Crippen molar-refractivity contribution in [3.8, 4) is 0 Å². The van der Waals surface area contributed by atoms with E-state index in [4.69, 9.17) is 11.6 Å². The molecule has 6 nitrogen and oxygen atoms in total. The van der Waals surface area contributed by atoms with Crippen molar-refractivity contribution in [2.24, 2.45) is 0 Å². The zero-order valence-electron chi connectivity index (χ0n) is 14.4. The summed E-state index contributed by atoms with van der Waals surface area (Å²) in [6.07, 6.45) is 4.47. The summed E-state index contributed by atoms with van der Waals surface area (Å²) in [6, 6.07) is 7.19. The molecule has 0 atom stereocenters. The topological polar surface area (TPSA) is 61.4 Å². The maximum atomic E-state index is 12.3. The van der Waals surface area contributed by atoms with Crippen LogP contribution in [0.25, 0.3) is 0 Å². The minimum absolute atomic E-state index is 0.0667. The van der Waals surface area contributed by atoms with Gasteiger partial charge in [-0.1, -0.05) is 11.6 Å². The Kier molecular flexibility index (Phi) is 7.04. The number of carbonyl (C=O) groups excluding carboxylic acids is 1. The number of rotatable bonds is 6. The van der Waals surface area contributed by atoms with E-state index in [9.17, 15) is 4.79 Å². The summed E-state index contributed by atoms with van der Waals surface area (Å²) < 4.78 is 0.906. The lowest BCUT2D eigenvalue weighted by molar-refractivity contribution is 0.0950. The zero-order valence-corrected chi connectivity index (χ0v) is 17.3. The first-order valence-electron chi connectivity index (χ1n) is 8.61. The molecule has 1 aliphatic heterocycles. The highest BCUT2D eigenvalue weighted by atomic mass is 127. The minimum atomic E-state index is -0.0667. The van der Waals surface area contributed by atoms with Gasteiger partial charge in [0.15, 0.2) is 0 Å². The summed E-state index contributed by atoms with van der Waals surface area (Å²) in [5.41, 5.74) is 0.634. The number of nitrogens with one attached hydrogen (secondary N) is 1. The van der Waals surface area contributed by atoms with Crippen molar-refractivity contribution in [2.45, 2.75) is 6.42 Å². The molecule has 1 N–H and O–H groups in total. The van der Waals surface area contributed by atoms with Gasteiger partial charge in [-0.25, -0.2) is 9.97 Å². The lowest BCUT2D eigenvalue weighted by atomic mass is 10.2. The lowest BCUT2D eigenvalue weighted by Crippen LogP contribution is -2.47. The monoisotopic (exact) mass is 485 g/mol. The number of benzene rings is 1. The normalized spacial score (nSPS) is 15.1. The van der Waals surface area contributed by atoms with E-state index in [1.165, 1.54) is 0 Å². The molecule has 0 bridgehead atoms. The lowest BCUT2D eigenvalue weighted by Gasteiger charge is -2.34. The number of piperazine rings is 1. The third kappa shape index (κ3) is 5.28. The second kappa shape index (κ2) is 9.48. The summed E-state index contributed by atoms with van der Waals surface area (Å²) in [6.45, 7) is 5.45. The summed E-state index contributed by atoms with van der Waals surface area (Å²) in [5, 5.41) is 3.56. The molecule has 1 aromatic heterocycles. The molecular weight excluding hydrogens is 465 g/mol. The van der Waals surface area contributed by atoms with Gasteiger partial charge in [-0.15, -0.1) is 0 Å². The highest BCUT2D eigenvalue weighted by molar-refractivity contribution is 14.1. The van der Waals surface area contributed by atoms with Crippen molar-refractivity contribution < 1.29 is 4.79 Å². The highest BCUT2D eigenvalue weighted by Crippen LogP contribution is 2.17. The zero-order chi connectivity index (χ0) is 18.4. The fourth-order valence-corrected chi connectivity index (χ4v) is 3.65. The van der Waals surface area contributed by atoms with E-state index in [-0.39, 0.29) is 5.91 Å². The molecule has 1 aliphatic rings. The van der Waals surface area contributed by atoms with Crippen LogP contribution in [0.15, 0.2) is 36.7 Å². The first kappa shape index (κ1) is 19.3. The third-order valence-electron chi connectivity index (χ3n) is 4.32. The van der Waals surface area contributed by atoms with Crippen molar-refractivity contribution in [3.63, 3.8) is 0 Å². The number of carbonyl (C=O) groups is 1. The van der Waals surface area contributed by atoms with Crippen LogP contribution in [0.2, 0.25) is 5.02 Å². The molecule has 3 rings (SSSR count). The molecule has 0 spiro atoms. The average molecular weight is 486 g/mol. The molecule has 2 heterocycles. The van der Waals surface area contributed by atoms with Gasteiger partial charge in [0.25, 0.3) is 5.91 Å².